The van der Waals surface area contributed by atoms with Crippen molar-refractivity contribution in [3.05, 3.63) is 212 Å². The first kappa shape index (κ1) is 32.0. The summed E-state index contributed by atoms with van der Waals surface area (Å²) in [5.41, 5.74) is 12.1. The van der Waals surface area contributed by atoms with E-state index in [0.717, 1.165) is 39.0 Å². The number of para-hydroxylation sites is 2. The van der Waals surface area contributed by atoms with E-state index in [1.54, 1.807) is 0 Å². The molecule has 2 nitrogen and oxygen atoms in total. The molecule has 0 saturated carbocycles. The van der Waals surface area contributed by atoms with Crippen molar-refractivity contribution in [3.63, 3.8) is 0 Å². The van der Waals surface area contributed by atoms with E-state index in [9.17, 15) is 0 Å². The van der Waals surface area contributed by atoms with Crippen LogP contribution in [0.4, 0.5) is 17.1 Å². The number of hydrogen-bond donors (Lipinski definition) is 0. The van der Waals surface area contributed by atoms with Crippen LogP contribution in [-0.2, 0) is 0 Å². The predicted octanol–water partition coefficient (Wildman–Crippen LogP) is 15.5. The van der Waals surface area contributed by atoms with Gasteiger partial charge >= 0.3 is 0 Å². The smallest absolute Gasteiger partial charge is 0.159 e. The molecule has 1 aromatic heterocycles. The molecule has 0 bridgehead atoms. The molecular formula is C54H35NO. The molecule has 0 aliphatic rings. The standard InChI is InChI=1S/C54H35NO/c1-2-15-38(16-3-1)52-47-22-8-6-19-44(47)45-20-7-9-23-48(45)53(52)39-30-34-41(35-31-39)55(50-26-13-25-49-46-21-10-11-27-51(46)56-54(49)50)40-32-28-37(29-33-40)43-24-12-17-36-14-4-5-18-42(36)43/h1-35H. The summed E-state index contributed by atoms with van der Waals surface area (Å²) in [5, 5.41) is 9.71. The van der Waals surface area contributed by atoms with E-state index in [4.69, 9.17) is 4.42 Å². The minimum absolute atomic E-state index is 0.864. The van der Waals surface area contributed by atoms with Crippen molar-refractivity contribution in [2.45, 2.75) is 0 Å². The minimum Gasteiger partial charge on any atom is -0.454 e. The monoisotopic (exact) mass is 713 g/mol. The Morgan fingerprint density at radius 2 is 0.786 bits per heavy atom. The van der Waals surface area contributed by atoms with E-state index < -0.39 is 0 Å². The van der Waals surface area contributed by atoms with Gasteiger partial charge in [-0.15, -0.1) is 0 Å². The molecular weight excluding hydrogens is 679 g/mol. The molecule has 11 aromatic rings. The number of nitrogens with zero attached hydrogens (tertiary/aromatic N) is 1. The Labute approximate surface area is 325 Å². The van der Waals surface area contributed by atoms with Crippen LogP contribution in [0.5, 0.6) is 0 Å². The fourth-order valence-corrected chi connectivity index (χ4v) is 8.73. The highest BCUT2D eigenvalue weighted by atomic mass is 16.3. The van der Waals surface area contributed by atoms with Crippen molar-refractivity contribution < 1.29 is 4.42 Å². The van der Waals surface area contributed by atoms with Gasteiger partial charge in [-0.05, 0) is 102 Å². The van der Waals surface area contributed by atoms with E-state index in [-0.39, 0.29) is 0 Å². The van der Waals surface area contributed by atoms with E-state index >= 15 is 0 Å². The largest absolute Gasteiger partial charge is 0.454 e. The van der Waals surface area contributed by atoms with Crippen molar-refractivity contribution in [3.8, 4) is 33.4 Å². The summed E-state index contributed by atoms with van der Waals surface area (Å²) in [5.74, 6) is 0. The molecule has 0 aliphatic carbocycles. The molecule has 0 fully saturated rings. The van der Waals surface area contributed by atoms with Gasteiger partial charge in [-0.25, -0.2) is 0 Å². The molecule has 1 heterocycles. The summed E-state index contributed by atoms with van der Waals surface area (Å²) in [7, 11) is 0. The number of hydrogen-bond acceptors (Lipinski definition) is 2. The van der Waals surface area contributed by atoms with Gasteiger partial charge in [0.05, 0.1) is 5.69 Å². The Hall–Kier alpha value is -7.42. The molecule has 0 atom stereocenters. The van der Waals surface area contributed by atoms with Gasteiger partial charge in [-0.2, -0.15) is 0 Å². The molecule has 0 radical (unpaired) electrons. The zero-order chi connectivity index (χ0) is 37.0. The van der Waals surface area contributed by atoms with Gasteiger partial charge in [0.25, 0.3) is 0 Å². The summed E-state index contributed by atoms with van der Waals surface area (Å²) < 4.78 is 6.65. The molecule has 0 N–H and O–H groups in total. The molecule has 0 spiro atoms. The Morgan fingerprint density at radius 1 is 0.304 bits per heavy atom. The van der Waals surface area contributed by atoms with Crippen LogP contribution in [0.1, 0.15) is 0 Å². The summed E-state index contributed by atoms with van der Waals surface area (Å²) in [6.45, 7) is 0. The number of fused-ring (bicyclic) bond motifs is 7. The summed E-state index contributed by atoms with van der Waals surface area (Å²) in [4.78, 5) is 2.33. The Balaban J connectivity index is 1.11. The summed E-state index contributed by atoms with van der Waals surface area (Å²) in [6.07, 6.45) is 0. The minimum atomic E-state index is 0.864. The van der Waals surface area contributed by atoms with Crippen molar-refractivity contribution in [1.82, 2.24) is 0 Å². The van der Waals surface area contributed by atoms with Crippen LogP contribution >= 0.6 is 0 Å². The molecule has 2 heteroatoms. The van der Waals surface area contributed by atoms with Crippen LogP contribution < -0.4 is 4.90 Å². The molecule has 0 aliphatic heterocycles. The van der Waals surface area contributed by atoms with Gasteiger partial charge in [-0.1, -0.05) is 176 Å². The lowest BCUT2D eigenvalue weighted by Crippen LogP contribution is -2.10. The highest BCUT2D eigenvalue weighted by molar-refractivity contribution is 6.21. The van der Waals surface area contributed by atoms with E-state index in [1.807, 2.05) is 6.07 Å². The first-order valence-corrected chi connectivity index (χ1v) is 19.2. The van der Waals surface area contributed by atoms with Crippen LogP contribution in [0.15, 0.2) is 217 Å². The maximum absolute atomic E-state index is 6.65. The maximum Gasteiger partial charge on any atom is 0.159 e. The molecule has 0 saturated heterocycles. The third-order valence-corrected chi connectivity index (χ3v) is 11.3. The van der Waals surface area contributed by atoms with E-state index in [2.05, 4.69) is 211 Å². The average molecular weight is 714 g/mol. The third kappa shape index (κ3) is 5.19. The topological polar surface area (TPSA) is 16.4 Å². The van der Waals surface area contributed by atoms with Crippen molar-refractivity contribution in [2.75, 3.05) is 4.90 Å². The van der Waals surface area contributed by atoms with E-state index in [0.29, 0.717) is 0 Å². The van der Waals surface area contributed by atoms with Crippen LogP contribution in [-0.4, -0.2) is 0 Å². The fourth-order valence-electron chi connectivity index (χ4n) is 8.73. The van der Waals surface area contributed by atoms with E-state index in [1.165, 1.54) is 65.7 Å². The van der Waals surface area contributed by atoms with Gasteiger partial charge in [0, 0.05) is 22.1 Å². The molecule has 0 amide bonds. The third-order valence-electron chi connectivity index (χ3n) is 11.3. The number of rotatable bonds is 6. The zero-order valence-corrected chi connectivity index (χ0v) is 30.6. The normalized spacial score (nSPS) is 11.6. The van der Waals surface area contributed by atoms with Crippen LogP contribution in [0.2, 0.25) is 0 Å². The second kappa shape index (κ2) is 13.2. The summed E-state index contributed by atoms with van der Waals surface area (Å²) in [6, 6.07) is 76.4. The molecule has 56 heavy (non-hydrogen) atoms. The molecule has 10 aromatic carbocycles. The Bertz CT molecular complexity index is 3230. The van der Waals surface area contributed by atoms with Crippen LogP contribution in [0.25, 0.3) is 87.6 Å². The first-order valence-electron chi connectivity index (χ1n) is 19.2. The fraction of sp³-hybridized carbons (Fsp3) is 0. The quantitative estimate of drug-likeness (QED) is 0.160. The number of furan rings is 1. The highest BCUT2D eigenvalue weighted by Gasteiger charge is 2.21. The van der Waals surface area contributed by atoms with Gasteiger partial charge in [-0.3, -0.25) is 0 Å². The summed E-state index contributed by atoms with van der Waals surface area (Å²) >= 11 is 0. The van der Waals surface area contributed by atoms with Gasteiger partial charge < -0.3 is 9.32 Å². The van der Waals surface area contributed by atoms with Crippen LogP contribution in [0, 0.1) is 0 Å². The number of benzene rings is 10. The molecule has 262 valence electrons. The second-order valence-electron chi connectivity index (χ2n) is 14.4. The molecule has 11 rings (SSSR count). The lowest BCUT2D eigenvalue weighted by molar-refractivity contribution is 0.669. The van der Waals surface area contributed by atoms with Gasteiger partial charge in [0.2, 0.25) is 0 Å². The van der Waals surface area contributed by atoms with Gasteiger partial charge in [0.1, 0.15) is 5.58 Å². The van der Waals surface area contributed by atoms with Crippen molar-refractivity contribution in [1.29, 1.82) is 0 Å². The maximum atomic E-state index is 6.65. The lowest BCUT2D eigenvalue weighted by atomic mass is 9.85. The average Bonchev–Trinajstić information content (AvgIpc) is 3.66. The second-order valence-corrected chi connectivity index (χ2v) is 14.4. The Morgan fingerprint density at radius 3 is 1.46 bits per heavy atom. The first-order chi connectivity index (χ1) is 27.8. The SMILES string of the molecule is c1ccc(-c2c(-c3ccc(N(c4ccc(-c5cccc6ccccc56)cc4)c4cccc5c4oc4ccccc45)cc3)c3ccccc3c3ccccc23)cc1. The highest BCUT2D eigenvalue weighted by Crippen LogP contribution is 2.47. The predicted molar refractivity (Wildman–Crippen MR) is 237 cm³/mol. The van der Waals surface area contributed by atoms with Gasteiger partial charge in [0.15, 0.2) is 5.58 Å². The molecule has 0 unspecified atom stereocenters. The van der Waals surface area contributed by atoms with Crippen molar-refractivity contribution in [2.24, 2.45) is 0 Å². The number of anilines is 3. The van der Waals surface area contributed by atoms with Crippen LogP contribution in [0.3, 0.4) is 0 Å². The van der Waals surface area contributed by atoms with Crippen molar-refractivity contribution >= 4 is 71.3 Å². The Kier molecular flexibility index (Phi) is 7.53. The lowest BCUT2D eigenvalue weighted by Gasteiger charge is -2.26. The zero-order valence-electron chi connectivity index (χ0n) is 30.6.